The lowest BCUT2D eigenvalue weighted by Gasteiger charge is -2.32. The number of amides is 2. The summed E-state index contributed by atoms with van der Waals surface area (Å²) < 4.78 is 5.30. The summed E-state index contributed by atoms with van der Waals surface area (Å²) >= 11 is 0. The lowest BCUT2D eigenvalue weighted by Crippen LogP contribution is -2.49. The largest absolute Gasteiger partial charge is 0.465 e. The van der Waals surface area contributed by atoms with Crippen LogP contribution >= 0.6 is 0 Å². The monoisotopic (exact) mass is 339 g/mol. The first kappa shape index (κ1) is 17.0. The average Bonchev–Trinajstić information content (AvgIpc) is 3.15. The summed E-state index contributed by atoms with van der Waals surface area (Å²) in [6, 6.07) is 12.3. The molecule has 0 saturated carbocycles. The van der Waals surface area contributed by atoms with Crippen molar-refractivity contribution >= 4 is 17.9 Å². The Labute approximate surface area is 146 Å². The van der Waals surface area contributed by atoms with Gasteiger partial charge >= 0.3 is 0 Å². The fourth-order valence-corrected chi connectivity index (χ4v) is 2.63. The van der Waals surface area contributed by atoms with Crippen LogP contribution in [0.15, 0.2) is 58.8 Å². The van der Waals surface area contributed by atoms with Crippen LogP contribution in [0.4, 0.5) is 0 Å². The Morgan fingerprint density at radius 2 is 1.76 bits per heavy atom. The van der Waals surface area contributed by atoms with E-state index in [9.17, 15) is 9.59 Å². The zero-order valence-corrected chi connectivity index (χ0v) is 14.1. The highest BCUT2D eigenvalue weighted by molar-refractivity contribution is 6.05. The maximum absolute atomic E-state index is 12.9. The van der Waals surface area contributed by atoms with E-state index in [1.165, 1.54) is 6.26 Å². The van der Waals surface area contributed by atoms with Crippen LogP contribution in [-0.2, 0) is 4.79 Å². The van der Waals surface area contributed by atoms with Crippen molar-refractivity contribution in [2.24, 2.45) is 0 Å². The molecule has 0 bridgehead atoms. The Kier molecular flexibility index (Phi) is 5.30. The summed E-state index contributed by atoms with van der Waals surface area (Å²) in [6.07, 6.45) is 3.10. The van der Waals surface area contributed by atoms with Crippen molar-refractivity contribution in [1.29, 1.82) is 0 Å². The zero-order valence-electron chi connectivity index (χ0n) is 14.1. The minimum absolute atomic E-state index is 0.200. The number of hydrogen-bond acceptors (Lipinski definition) is 4. The van der Waals surface area contributed by atoms with E-state index in [-0.39, 0.29) is 17.5 Å². The summed E-state index contributed by atoms with van der Waals surface area (Å²) in [6.45, 7) is 2.89. The highest BCUT2D eigenvalue weighted by Gasteiger charge is 2.24. The van der Waals surface area contributed by atoms with E-state index in [2.05, 4.69) is 10.2 Å². The molecular formula is C19H21N3O3. The van der Waals surface area contributed by atoms with Gasteiger partial charge in [0.1, 0.15) is 11.5 Å². The topological polar surface area (TPSA) is 65.8 Å². The number of likely N-dealkylation sites (N-methyl/N-ethyl adjacent to an activating group) is 1. The number of nitrogens with zero attached hydrogens (tertiary/aromatic N) is 2. The summed E-state index contributed by atoms with van der Waals surface area (Å²) in [5, 5.41) is 2.74. The van der Waals surface area contributed by atoms with Crippen LogP contribution in [-0.4, -0.2) is 54.8 Å². The van der Waals surface area contributed by atoms with Gasteiger partial charge in [0.05, 0.1) is 6.26 Å². The molecule has 25 heavy (non-hydrogen) atoms. The number of carbonyl (C=O) groups excluding carboxylic acids is 2. The molecular weight excluding hydrogens is 318 g/mol. The summed E-state index contributed by atoms with van der Waals surface area (Å²) in [7, 11) is 2.03. The van der Waals surface area contributed by atoms with Crippen molar-refractivity contribution in [2.75, 3.05) is 33.2 Å². The van der Waals surface area contributed by atoms with Gasteiger partial charge < -0.3 is 19.5 Å². The molecule has 0 radical (unpaired) electrons. The molecule has 0 aliphatic carbocycles. The number of carbonyl (C=O) groups is 2. The van der Waals surface area contributed by atoms with Crippen LogP contribution < -0.4 is 5.32 Å². The Bertz CT molecular complexity index is 745. The van der Waals surface area contributed by atoms with Gasteiger partial charge in [0, 0.05) is 37.8 Å². The normalized spacial score (nSPS) is 15.9. The third-order valence-electron chi connectivity index (χ3n) is 4.13. The first-order valence-electron chi connectivity index (χ1n) is 8.23. The molecule has 6 nitrogen and oxygen atoms in total. The van der Waals surface area contributed by atoms with Crippen molar-refractivity contribution in [3.63, 3.8) is 0 Å². The van der Waals surface area contributed by atoms with Crippen LogP contribution in [0.25, 0.3) is 6.08 Å². The molecule has 0 spiro atoms. The minimum Gasteiger partial charge on any atom is -0.465 e. The van der Waals surface area contributed by atoms with Gasteiger partial charge in [-0.25, -0.2) is 0 Å². The molecule has 0 atom stereocenters. The van der Waals surface area contributed by atoms with E-state index >= 15 is 0 Å². The fourth-order valence-electron chi connectivity index (χ4n) is 2.63. The van der Waals surface area contributed by atoms with Crippen LogP contribution in [0, 0.1) is 0 Å². The minimum atomic E-state index is -0.319. The van der Waals surface area contributed by atoms with Gasteiger partial charge in [0.2, 0.25) is 0 Å². The number of furan rings is 1. The first-order valence-corrected chi connectivity index (χ1v) is 8.23. The third kappa shape index (κ3) is 4.36. The molecule has 3 rings (SSSR count). The standard InChI is InChI=1S/C19H21N3O3/c1-21-9-11-22(12-10-21)19(24)17(14-16-8-5-13-25-16)20-18(23)15-6-3-2-4-7-15/h2-8,13-14H,9-12H2,1H3,(H,20,23)/b17-14+. The third-order valence-corrected chi connectivity index (χ3v) is 4.13. The van der Waals surface area contributed by atoms with E-state index in [1.807, 2.05) is 13.1 Å². The first-order chi connectivity index (χ1) is 12.1. The van der Waals surface area contributed by atoms with E-state index in [0.717, 1.165) is 13.1 Å². The molecule has 6 heteroatoms. The van der Waals surface area contributed by atoms with Crippen molar-refractivity contribution in [3.8, 4) is 0 Å². The maximum Gasteiger partial charge on any atom is 0.270 e. The predicted molar refractivity (Wildman–Crippen MR) is 94.7 cm³/mol. The fraction of sp³-hybridized carbons (Fsp3) is 0.263. The maximum atomic E-state index is 12.9. The molecule has 1 aromatic heterocycles. The van der Waals surface area contributed by atoms with Crippen LogP contribution in [0.1, 0.15) is 16.1 Å². The van der Waals surface area contributed by atoms with Crippen LogP contribution in [0.5, 0.6) is 0 Å². The number of nitrogens with one attached hydrogen (secondary N) is 1. The van der Waals surface area contributed by atoms with E-state index in [4.69, 9.17) is 4.42 Å². The van der Waals surface area contributed by atoms with Crippen LogP contribution in [0.2, 0.25) is 0 Å². The molecule has 2 amide bonds. The second kappa shape index (κ2) is 7.81. The van der Waals surface area contributed by atoms with Crippen molar-refractivity contribution in [1.82, 2.24) is 15.1 Å². The number of rotatable bonds is 4. The summed E-state index contributed by atoms with van der Waals surface area (Å²) in [5.74, 6) is 0.000467. The van der Waals surface area contributed by atoms with Crippen molar-refractivity contribution in [2.45, 2.75) is 0 Å². The molecule has 0 unspecified atom stereocenters. The Balaban J connectivity index is 1.80. The van der Waals surface area contributed by atoms with E-state index < -0.39 is 0 Å². The summed E-state index contributed by atoms with van der Waals surface area (Å²) in [5.41, 5.74) is 0.715. The number of benzene rings is 1. The number of piperazine rings is 1. The molecule has 1 aromatic carbocycles. The molecule has 1 saturated heterocycles. The smallest absolute Gasteiger partial charge is 0.270 e. The van der Waals surface area contributed by atoms with E-state index in [1.54, 1.807) is 47.4 Å². The molecule has 2 heterocycles. The highest BCUT2D eigenvalue weighted by atomic mass is 16.3. The lowest BCUT2D eigenvalue weighted by atomic mass is 10.2. The molecule has 1 aliphatic heterocycles. The number of hydrogen-bond donors (Lipinski definition) is 1. The zero-order chi connectivity index (χ0) is 17.6. The van der Waals surface area contributed by atoms with Gasteiger partial charge in [-0.2, -0.15) is 0 Å². The highest BCUT2D eigenvalue weighted by Crippen LogP contribution is 2.11. The quantitative estimate of drug-likeness (QED) is 0.863. The SMILES string of the molecule is CN1CCN(C(=O)/C(=C\c2ccco2)NC(=O)c2ccccc2)CC1. The lowest BCUT2D eigenvalue weighted by molar-refractivity contribution is -0.128. The Morgan fingerprint density at radius 1 is 1.04 bits per heavy atom. The van der Waals surface area contributed by atoms with Crippen molar-refractivity contribution in [3.05, 3.63) is 65.7 Å². The Morgan fingerprint density at radius 3 is 2.40 bits per heavy atom. The van der Waals surface area contributed by atoms with Gasteiger partial charge in [0.25, 0.3) is 11.8 Å². The van der Waals surface area contributed by atoms with Gasteiger partial charge in [-0.3, -0.25) is 9.59 Å². The van der Waals surface area contributed by atoms with Crippen LogP contribution in [0.3, 0.4) is 0 Å². The van der Waals surface area contributed by atoms with Crippen molar-refractivity contribution < 1.29 is 14.0 Å². The summed E-state index contributed by atoms with van der Waals surface area (Å²) in [4.78, 5) is 29.3. The van der Waals surface area contributed by atoms with E-state index in [0.29, 0.717) is 24.4 Å². The molecule has 130 valence electrons. The van der Waals surface area contributed by atoms with Gasteiger partial charge in [0.15, 0.2) is 0 Å². The molecule has 1 fully saturated rings. The van der Waals surface area contributed by atoms with Gasteiger partial charge in [-0.1, -0.05) is 18.2 Å². The molecule has 1 aliphatic rings. The van der Waals surface area contributed by atoms with Gasteiger partial charge in [-0.15, -0.1) is 0 Å². The second-order valence-electron chi connectivity index (χ2n) is 5.99. The molecule has 2 aromatic rings. The Hall–Kier alpha value is -2.86. The predicted octanol–water partition coefficient (Wildman–Crippen LogP) is 1.82. The van der Waals surface area contributed by atoms with Gasteiger partial charge in [-0.05, 0) is 31.3 Å². The second-order valence-corrected chi connectivity index (χ2v) is 5.99. The molecule has 1 N–H and O–H groups in total. The average molecular weight is 339 g/mol.